The Kier molecular flexibility index (Phi) is 4.40. The summed E-state index contributed by atoms with van der Waals surface area (Å²) in [5, 5.41) is 0. The standard InChI is InChI=1S/C13H10Cl3N3/c1-9-2-4-10(5-3-9)6-7-11-17-8-18-12(19-11)13(14,15)16/h2-8H,1H3. The number of alkyl halides is 3. The lowest BCUT2D eigenvalue weighted by molar-refractivity contribution is 0.906. The third-order valence-corrected chi connectivity index (χ3v) is 2.85. The first kappa shape index (κ1) is 14.3. The first-order valence-electron chi connectivity index (χ1n) is 5.46. The van der Waals surface area contributed by atoms with Crippen molar-refractivity contribution >= 4 is 47.0 Å². The third-order valence-electron chi connectivity index (χ3n) is 2.35. The first-order valence-corrected chi connectivity index (χ1v) is 6.59. The van der Waals surface area contributed by atoms with Gasteiger partial charge in [0, 0.05) is 0 Å². The molecule has 0 aliphatic carbocycles. The van der Waals surface area contributed by atoms with Crippen LogP contribution in [0.1, 0.15) is 22.8 Å². The molecule has 1 heterocycles. The van der Waals surface area contributed by atoms with Crippen molar-refractivity contribution in [2.45, 2.75) is 10.7 Å². The van der Waals surface area contributed by atoms with Crippen LogP contribution in [0.5, 0.6) is 0 Å². The predicted molar refractivity (Wildman–Crippen MR) is 79.2 cm³/mol. The van der Waals surface area contributed by atoms with Crippen LogP contribution in [0.4, 0.5) is 0 Å². The van der Waals surface area contributed by atoms with Gasteiger partial charge < -0.3 is 0 Å². The molecule has 6 heteroatoms. The average molecular weight is 315 g/mol. The van der Waals surface area contributed by atoms with Gasteiger partial charge in [-0.1, -0.05) is 70.7 Å². The Morgan fingerprint density at radius 2 is 1.68 bits per heavy atom. The van der Waals surface area contributed by atoms with E-state index in [4.69, 9.17) is 34.8 Å². The molecule has 3 nitrogen and oxygen atoms in total. The van der Waals surface area contributed by atoms with Crippen molar-refractivity contribution in [1.29, 1.82) is 0 Å². The van der Waals surface area contributed by atoms with Gasteiger partial charge in [-0.15, -0.1) is 0 Å². The summed E-state index contributed by atoms with van der Waals surface area (Å²) in [5.41, 5.74) is 2.25. The van der Waals surface area contributed by atoms with E-state index in [2.05, 4.69) is 15.0 Å². The Morgan fingerprint density at radius 3 is 2.32 bits per heavy atom. The van der Waals surface area contributed by atoms with E-state index in [9.17, 15) is 0 Å². The number of hydrogen-bond donors (Lipinski definition) is 0. The average Bonchev–Trinajstić information content (AvgIpc) is 2.37. The number of rotatable bonds is 2. The van der Waals surface area contributed by atoms with Crippen LogP contribution in [0.15, 0.2) is 30.6 Å². The highest BCUT2D eigenvalue weighted by atomic mass is 35.6. The van der Waals surface area contributed by atoms with E-state index < -0.39 is 3.79 Å². The summed E-state index contributed by atoms with van der Waals surface area (Å²) in [6.07, 6.45) is 4.95. The van der Waals surface area contributed by atoms with Gasteiger partial charge in [0.25, 0.3) is 0 Å². The van der Waals surface area contributed by atoms with Gasteiger partial charge in [0.1, 0.15) is 6.33 Å². The van der Waals surface area contributed by atoms with E-state index in [1.54, 1.807) is 6.08 Å². The lowest BCUT2D eigenvalue weighted by Gasteiger charge is -2.07. The summed E-state index contributed by atoms with van der Waals surface area (Å²) in [7, 11) is 0. The van der Waals surface area contributed by atoms with Crippen molar-refractivity contribution < 1.29 is 0 Å². The molecule has 1 aromatic carbocycles. The molecule has 0 radical (unpaired) electrons. The molecule has 0 amide bonds. The molecule has 1 aromatic heterocycles. The molecule has 0 atom stereocenters. The quantitative estimate of drug-likeness (QED) is 0.781. The zero-order valence-electron chi connectivity index (χ0n) is 10.0. The maximum absolute atomic E-state index is 5.72. The van der Waals surface area contributed by atoms with Crippen LogP contribution in [0, 0.1) is 6.92 Å². The number of aryl methyl sites for hydroxylation is 1. The van der Waals surface area contributed by atoms with Crippen molar-refractivity contribution in [2.24, 2.45) is 0 Å². The molecule has 0 aliphatic rings. The summed E-state index contributed by atoms with van der Waals surface area (Å²) >= 11 is 17.2. The van der Waals surface area contributed by atoms with Crippen molar-refractivity contribution in [3.05, 3.63) is 53.4 Å². The maximum Gasteiger partial charge on any atom is 0.250 e. The molecule has 0 saturated carbocycles. The lowest BCUT2D eigenvalue weighted by Crippen LogP contribution is -2.08. The molecular formula is C13H10Cl3N3. The molecular weight excluding hydrogens is 305 g/mol. The Bertz CT molecular complexity index is 589. The fraction of sp³-hybridized carbons (Fsp3) is 0.154. The van der Waals surface area contributed by atoms with E-state index in [1.165, 1.54) is 11.9 Å². The molecule has 0 saturated heterocycles. The van der Waals surface area contributed by atoms with Gasteiger partial charge in [0.05, 0.1) is 0 Å². The van der Waals surface area contributed by atoms with Crippen molar-refractivity contribution in [3.8, 4) is 0 Å². The number of nitrogens with zero attached hydrogens (tertiary/aromatic N) is 3. The van der Waals surface area contributed by atoms with E-state index in [0.717, 1.165) is 5.56 Å². The minimum atomic E-state index is -1.64. The summed E-state index contributed by atoms with van der Waals surface area (Å²) in [4.78, 5) is 11.9. The number of halogens is 3. The Labute approximate surface area is 126 Å². The van der Waals surface area contributed by atoms with Crippen LogP contribution < -0.4 is 0 Å². The second-order valence-corrected chi connectivity index (χ2v) is 6.19. The SMILES string of the molecule is Cc1ccc(C=Cc2ncnc(C(Cl)(Cl)Cl)n2)cc1. The highest BCUT2D eigenvalue weighted by Crippen LogP contribution is 2.35. The number of hydrogen-bond acceptors (Lipinski definition) is 3. The maximum atomic E-state index is 5.72. The summed E-state index contributed by atoms with van der Waals surface area (Å²) in [5.74, 6) is 0.549. The van der Waals surface area contributed by atoms with Crippen LogP contribution in [-0.4, -0.2) is 15.0 Å². The Balaban J connectivity index is 2.21. The first-order chi connectivity index (χ1) is 8.95. The molecule has 2 aromatic rings. The molecule has 0 aliphatic heterocycles. The van der Waals surface area contributed by atoms with Crippen molar-refractivity contribution in [1.82, 2.24) is 15.0 Å². The van der Waals surface area contributed by atoms with Gasteiger partial charge >= 0.3 is 0 Å². The van der Waals surface area contributed by atoms with Gasteiger partial charge in [-0.05, 0) is 18.6 Å². The van der Waals surface area contributed by atoms with E-state index in [-0.39, 0.29) is 5.82 Å². The Morgan fingerprint density at radius 1 is 1.00 bits per heavy atom. The lowest BCUT2D eigenvalue weighted by atomic mass is 10.1. The van der Waals surface area contributed by atoms with Crippen molar-refractivity contribution in [3.63, 3.8) is 0 Å². The van der Waals surface area contributed by atoms with E-state index >= 15 is 0 Å². The molecule has 2 rings (SSSR count). The summed E-state index contributed by atoms with van der Waals surface area (Å²) < 4.78 is -1.64. The molecule has 0 N–H and O–H groups in total. The largest absolute Gasteiger partial charge is 0.250 e. The smallest absolute Gasteiger partial charge is 0.217 e. The second-order valence-electron chi connectivity index (χ2n) is 3.91. The minimum absolute atomic E-state index is 0.107. The van der Waals surface area contributed by atoms with Crippen LogP contribution in [0.3, 0.4) is 0 Å². The topological polar surface area (TPSA) is 38.7 Å². The Hall–Kier alpha value is -1.16. The van der Waals surface area contributed by atoms with Crippen LogP contribution in [-0.2, 0) is 3.79 Å². The summed E-state index contributed by atoms with van der Waals surface area (Å²) in [6.45, 7) is 2.03. The molecule has 0 bridgehead atoms. The minimum Gasteiger partial charge on any atom is -0.217 e. The zero-order valence-corrected chi connectivity index (χ0v) is 12.3. The molecule has 19 heavy (non-hydrogen) atoms. The molecule has 0 spiro atoms. The zero-order chi connectivity index (χ0) is 13.9. The van der Waals surface area contributed by atoms with Crippen LogP contribution >= 0.6 is 34.8 Å². The predicted octanol–water partition coefficient (Wildman–Crippen LogP) is 4.18. The second kappa shape index (κ2) is 5.87. The van der Waals surface area contributed by atoms with Gasteiger partial charge in [-0.3, -0.25) is 0 Å². The molecule has 0 unspecified atom stereocenters. The van der Waals surface area contributed by atoms with Crippen molar-refractivity contribution in [2.75, 3.05) is 0 Å². The third kappa shape index (κ3) is 4.16. The van der Waals surface area contributed by atoms with E-state index in [0.29, 0.717) is 5.82 Å². The van der Waals surface area contributed by atoms with Gasteiger partial charge in [0.15, 0.2) is 11.6 Å². The monoisotopic (exact) mass is 313 g/mol. The fourth-order valence-electron chi connectivity index (χ4n) is 1.37. The highest BCUT2D eigenvalue weighted by Gasteiger charge is 2.26. The number of aromatic nitrogens is 3. The highest BCUT2D eigenvalue weighted by molar-refractivity contribution is 6.66. The van der Waals surface area contributed by atoms with Gasteiger partial charge in [-0.2, -0.15) is 0 Å². The molecule has 98 valence electrons. The number of benzene rings is 1. The van der Waals surface area contributed by atoms with E-state index in [1.807, 2.05) is 37.3 Å². The van der Waals surface area contributed by atoms with Gasteiger partial charge in [0.2, 0.25) is 3.79 Å². The normalized spacial score (nSPS) is 12.0. The fourth-order valence-corrected chi connectivity index (χ4v) is 1.65. The van der Waals surface area contributed by atoms with Crippen LogP contribution in [0.2, 0.25) is 0 Å². The molecule has 0 fully saturated rings. The van der Waals surface area contributed by atoms with Crippen LogP contribution in [0.25, 0.3) is 12.2 Å². The van der Waals surface area contributed by atoms with Gasteiger partial charge in [-0.25, -0.2) is 15.0 Å². The summed E-state index contributed by atoms with van der Waals surface area (Å²) in [6, 6.07) is 8.06.